The fraction of sp³-hybridized carbons (Fsp3) is 0.385. The fourth-order valence-corrected chi connectivity index (χ4v) is 2.30. The second kappa shape index (κ2) is 7.12. The van der Waals surface area contributed by atoms with Crippen LogP contribution in [0.2, 0.25) is 0 Å². The van der Waals surface area contributed by atoms with Crippen LogP contribution in [0.3, 0.4) is 0 Å². The number of amidine groups is 1. The van der Waals surface area contributed by atoms with Gasteiger partial charge < -0.3 is 9.84 Å². The topological polar surface area (TPSA) is 108 Å². The summed E-state index contributed by atoms with van der Waals surface area (Å²) in [4.78, 5) is 35.4. The molecule has 1 aliphatic heterocycles. The van der Waals surface area contributed by atoms with Crippen LogP contribution in [-0.4, -0.2) is 45.3 Å². The number of hydrogen-bond acceptors (Lipinski definition) is 6. The third-order valence-corrected chi connectivity index (χ3v) is 3.10. The lowest BCUT2D eigenvalue weighted by Gasteiger charge is -2.19. The molecular formula is C13H17N3O5S. The summed E-state index contributed by atoms with van der Waals surface area (Å²) in [5.74, 6) is -1.76. The summed E-state index contributed by atoms with van der Waals surface area (Å²) in [6, 6.07) is 0. The van der Waals surface area contributed by atoms with Gasteiger partial charge in [-0.15, -0.1) is 11.7 Å². The second-order valence-electron chi connectivity index (χ2n) is 5.16. The Morgan fingerprint density at radius 2 is 2.14 bits per heavy atom. The van der Waals surface area contributed by atoms with Gasteiger partial charge in [0.15, 0.2) is 5.17 Å². The van der Waals surface area contributed by atoms with E-state index in [0.29, 0.717) is 0 Å². The van der Waals surface area contributed by atoms with Gasteiger partial charge in [-0.05, 0) is 32.5 Å². The number of carboxylic acid groups (broad SMARTS) is 1. The minimum Gasteiger partial charge on any atom is -0.478 e. The highest BCUT2D eigenvalue weighted by Crippen LogP contribution is 2.30. The summed E-state index contributed by atoms with van der Waals surface area (Å²) < 4.78 is 5.01. The van der Waals surface area contributed by atoms with Crippen LogP contribution in [0.15, 0.2) is 28.7 Å². The van der Waals surface area contributed by atoms with Crippen molar-refractivity contribution in [2.75, 3.05) is 6.54 Å². The van der Waals surface area contributed by atoms with Crippen molar-refractivity contribution in [2.24, 2.45) is 5.10 Å². The van der Waals surface area contributed by atoms with Crippen LogP contribution in [0, 0.1) is 0 Å². The first-order valence-corrected chi connectivity index (χ1v) is 7.07. The van der Waals surface area contributed by atoms with Crippen LogP contribution in [0.4, 0.5) is 4.79 Å². The zero-order chi connectivity index (χ0) is 16.9. The molecule has 1 saturated heterocycles. The third kappa shape index (κ3) is 5.24. The van der Waals surface area contributed by atoms with Crippen molar-refractivity contribution >= 4 is 34.9 Å². The first-order chi connectivity index (χ1) is 10.1. The number of carbonyl (C=O) groups excluding carboxylic acids is 2. The first-order valence-electron chi connectivity index (χ1n) is 6.26. The maximum Gasteiger partial charge on any atom is 0.428 e. The van der Waals surface area contributed by atoms with Crippen molar-refractivity contribution in [3.63, 3.8) is 0 Å². The van der Waals surface area contributed by atoms with Crippen LogP contribution in [0.5, 0.6) is 0 Å². The predicted molar refractivity (Wildman–Crippen MR) is 82.0 cm³/mol. The summed E-state index contributed by atoms with van der Waals surface area (Å²) >= 11 is 0.844. The van der Waals surface area contributed by atoms with E-state index in [1.807, 2.05) is 0 Å². The van der Waals surface area contributed by atoms with Gasteiger partial charge in [0.25, 0.3) is 5.91 Å². The Kier molecular flexibility index (Phi) is 5.75. The fourth-order valence-electron chi connectivity index (χ4n) is 1.39. The minimum atomic E-state index is -1.24. The van der Waals surface area contributed by atoms with E-state index in [4.69, 9.17) is 9.84 Å². The quantitative estimate of drug-likeness (QED) is 0.460. The molecule has 2 N–H and O–H groups in total. The van der Waals surface area contributed by atoms with Crippen molar-refractivity contribution in [3.8, 4) is 0 Å². The Balaban J connectivity index is 2.89. The molecule has 0 aromatic carbocycles. The van der Waals surface area contributed by atoms with Gasteiger partial charge in [-0.3, -0.25) is 9.69 Å². The van der Waals surface area contributed by atoms with E-state index in [0.717, 1.165) is 17.8 Å². The number of carboxylic acids is 1. The largest absolute Gasteiger partial charge is 0.478 e. The van der Waals surface area contributed by atoms with Gasteiger partial charge in [0, 0.05) is 12.6 Å². The molecule has 120 valence electrons. The second-order valence-corrected chi connectivity index (χ2v) is 6.17. The Hall–Kier alpha value is -2.29. The van der Waals surface area contributed by atoms with Gasteiger partial charge in [0.2, 0.25) is 0 Å². The molecule has 0 bridgehead atoms. The molecule has 1 heterocycles. The molecule has 0 radical (unpaired) electrons. The van der Waals surface area contributed by atoms with Crippen molar-refractivity contribution in [1.82, 2.24) is 10.3 Å². The van der Waals surface area contributed by atoms with E-state index in [2.05, 4.69) is 17.1 Å². The number of carbonyl (C=O) groups is 3. The molecule has 0 atom stereocenters. The zero-order valence-corrected chi connectivity index (χ0v) is 13.3. The number of hydrazone groups is 1. The van der Waals surface area contributed by atoms with Gasteiger partial charge >= 0.3 is 12.1 Å². The molecule has 0 aromatic heterocycles. The Morgan fingerprint density at radius 1 is 1.50 bits per heavy atom. The number of thioether (sulfide) groups is 1. The highest BCUT2D eigenvalue weighted by molar-refractivity contribution is 8.18. The summed E-state index contributed by atoms with van der Waals surface area (Å²) in [6.07, 6.45) is 1.48. The van der Waals surface area contributed by atoms with Crippen LogP contribution >= 0.6 is 11.8 Å². The lowest BCUT2D eigenvalue weighted by atomic mass is 10.2. The van der Waals surface area contributed by atoms with E-state index in [1.165, 1.54) is 11.0 Å². The third-order valence-electron chi connectivity index (χ3n) is 2.10. The number of rotatable bonds is 4. The molecule has 0 aliphatic carbocycles. The zero-order valence-electron chi connectivity index (χ0n) is 12.5. The lowest BCUT2D eigenvalue weighted by Crippen LogP contribution is -2.33. The van der Waals surface area contributed by atoms with E-state index >= 15 is 0 Å². The maximum absolute atomic E-state index is 12.0. The standard InChI is InChI=1S/C13H17N3O5S/c1-5-6-16-10(19)8(7-9(17)18)22-11(16)14-15-12(20)21-13(2,3)4/h5,7H,1,6H2,2-4H3,(H,15,20)(H,17,18)/b8-7-,14-11?. The maximum atomic E-state index is 12.0. The van der Waals surface area contributed by atoms with E-state index in [9.17, 15) is 14.4 Å². The summed E-state index contributed by atoms with van der Waals surface area (Å²) in [6.45, 7) is 8.75. The number of nitrogens with one attached hydrogen (secondary N) is 1. The number of nitrogens with zero attached hydrogens (tertiary/aromatic N) is 2. The van der Waals surface area contributed by atoms with Gasteiger partial charge in [-0.2, -0.15) is 0 Å². The van der Waals surface area contributed by atoms with Gasteiger partial charge in [-0.1, -0.05) is 6.08 Å². The van der Waals surface area contributed by atoms with Crippen LogP contribution in [0.25, 0.3) is 0 Å². The minimum absolute atomic E-state index is 0.000844. The van der Waals surface area contributed by atoms with Crippen molar-refractivity contribution in [1.29, 1.82) is 0 Å². The normalized spacial score (nSPS) is 18.7. The van der Waals surface area contributed by atoms with Crippen LogP contribution < -0.4 is 5.43 Å². The molecule has 22 heavy (non-hydrogen) atoms. The van der Waals surface area contributed by atoms with Gasteiger partial charge in [0.05, 0.1) is 4.91 Å². The number of aliphatic carboxylic acids is 1. The van der Waals surface area contributed by atoms with Gasteiger partial charge in [0.1, 0.15) is 5.60 Å². The molecule has 1 rings (SSSR count). The molecule has 9 heteroatoms. The average Bonchev–Trinajstić information content (AvgIpc) is 2.63. The molecule has 0 aromatic rings. The van der Waals surface area contributed by atoms with Crippen molar-refractivity contribution < 1.29 is 24.2 Å². The first kappa shape index (κ1) is 17.8. The Bertz CT molecular complexity index is 563. The van der Waals surface area contributed by atoms with Crippen LogP contribution in [0.1, 0.15) is 20.8 Å². The summed E-state index contributed by atoms with van der Waals surface area (Å²) in [7, 11) is 0. The number of amides is 2. The molecule has 2 amide bonds. The number of hydrogen-bond donors (Lipinski definition) is 2. The molecule has 1 aliphatic rings. The van der Waals surface area contributed by atoms with Crippen LogP contribution in [-0.2, 0) is 14.3 Å². The highest BCUT2D eigenvalue weighted by Gasteiger charge is 2.33. The van der Waals surface area contributed by atoms with Crippen molar-refractivity contribution in [3.05, 3.63) is 23.6 Å². The molecule has 0 unspecified atom stereocenters. The molecule has 0 spiro atoms. The van der Waals surface area contributed by atoms with E-state index in [-0.39, 0.29) is 16.6 Å². The van der Waals surface area contributed by atoms with Gasteiger partial charge in [-0.25, -0.2) is 15.0 Å². The summed E-state index contributed by atoms with van der Waals surface area (Å²) in [5.41, 5.74) is 1.48. The lowest BCUT2D eigenvalue weighted by molar-refractivity contribution is -0.132. The number of ether oxygens (including phenoxy) is 1. The highest BCUT2D eigenvalue weighted by atomic mass is 32.2. The summed E-state index contributed by atoms with van der Waals surface area (Å²) in [5, 5.41) is 12.7. The smallest absolute Gasteiger partial charge is 0.428 e. The SMILES string of the molecule is C=CCN1C(=O)/C(=C/C(=O)O)SC1=NNC(=O)OC(C)(C)C. The Morgan fingerprint density at radius 3 is 2.64 bits per heavy atom. The monoisotopic (exact) mass is 327 g/mol. The predicted octanol–water partition coefficient (Wildman–Crippen LogP) is 1.51. The average molecular weight is 327 g/mol. The van der Waals surface area contributed by atoms with E-state index in [1.54, 1.807) is 20.8 Å². The Labute approximate surface area is 131 Å². The van der Waals surface area contributed by atoms with Crippen molar-refractivity contribution in [2.45, 2.75) is 26.4 Å². The molecule has 0 saturated carbocycles. The molecule has 1 fully saturated rings. The van der Waals surface area contributed by atoms with E-state index < -0.39 is 23.6 Å². The molecule has 8 nitrogen and oxygen atoms in total. The molecular weight excluding hydrogens is 310 g/mol.